The topological polar surface area (TPSA) is 144 Å². The van der Waals surface area contributed by atoms with Crippen molar-refractivity contribution in [3.8, 4) is 0 Å². The molecule has 12 heteroatoms. The van der Waals surface area contributed by atoms with Crippen LogP contribution in [0.1, 0.15) is 157 Å². The van der Waals surface area contributed by atoms with Crippen molar-refractivity contribution in [2.45, 2.75) is 162 Å². The maximum absolute atomic E-state index is 12.2. The van der Waals surface area contributed by atoms with Gasteiger partial charge < -0.3 is 14.6 Å². The van der Waals surface area contributed by atoms with Crippen molar-refractivity contribution in [3.63, 3.8) is 0 Å². The Balaban J connectivity index is -0.000000424. The molecule has 0 fully saturated rings. The maximum atomic E-state index is 12.2. The summed E-state index contributed by atoms with van der Waals surface area (Å²) in [4.78, 5) is 34.4. The van der Waals surface area contributed by atoms with Crippen molar-refractivity contribution < 1.29 is 41.9 Å². The van der Waals surface area contributed by atoms with Gasteiger partial charge in [0, 0.05) is 6.42 Å². The van der Waals surface area contributed by atoms with Crippen molar-refractivity contribution >= 4 is 81.5 Å². The third-order valence-electron chi connectivity index (χ3n) is 7.50. The van der Waals surface area contributed by atoms with Crippen LogP contribution in [0.15, 0.2) is 0 Å². The fourth-order valence-electron chi connectivity index (χ4n) is 4.41. The summed E-state index contributed by atoms with van der Waals surface area (Å²) >= 11 is 0. The number of carboxylic acids is 1. The van der Waals surface area contributed by atoms with Crippen LogP contribution in [0.3, 0.4) is 0 Å². The van der Waals surface area contributed by atoms with Gasteiger partial charge in [-0.25, -0.2) is 0 Å². The Morgan fingerprint density at radius 2 is 1.07 bits per heavy atom. The summed E-state index contributed by atoms with van der Waals surface area (Å²) in [6.07, 6.45) is 18.2. The van der Waals surface area contributed by atoms with E-state index in [4.69, 9.17) is 14.6 Å². The van der Waals surface area contributed by atoms with Crippen molar-refractivity contribution in [3.05, 3.63) is 0 Å². The Morgan fingerprint density at radius 1 is 0.659 bits per heavy atom. The van der Waals surface area contributed by atoms with Crippen LogP contribution in [0.4, 0.5) is 0 Å². The normalized spacial score (nSPS) is 12.8. The monoisotopic (exact) mass is 768 g/mol. The van der Waals surface area contributed by atoms with Gasteiger partial charge in [-0.05, 0) is 31.1 Å². The number of ether oxygens (including phenoxy) is 2. The van der Waals surface area contributed by atoms with E-state index in [-0.39, 0.29) is 78.5 Å². The molecule has 0 aliphatic heterocycles. The van der Waals surface area contributed by atoms with E-state index >= 15 is 0 Å². The molecule has 258 valence electrons. The first-order valence-electron chi connectivity index (χ1n) is 16.5. The van der Waals surface area contributed by atoms with Gasteiger partial charge in [0.25, 0.3) is 10.1 Å². The van der Waals surface area contributed by atoms with Crippen LogP contribution in [-0.2, 0) is 34.0 Å². The van der Waals surface area contributed by atoms with Crippen molar-refractivity contribution in [1.82, 2.24) is 0 Å². The second-order valence-electron chi connectivity index (χ2n) is 11.3. The van der Waals surface area contributed by atoms with Gasteiger partial charge >= 0.3 is 71.4 Å². The van der Waals surface area contributed by atoms with Gasteiger partial charge in [0.05, 0.1) is 19.6 Å². The van der Waals surface area contributed by atoms with E-state index in [1.54, 1.807) is 0 Å². The van der Waals surface area contributed by atoms with Crippen molar-refractivity contribution in [1.29, 1.82) is 0 Å². The molecule has 2 radical (unpaired) electrons. The first kappa shape index (κ1) is 51.0. The zero-order valence-corrected chi connectivity index (χ0v) is 32.8. The predicted octanol–water partition coefficient (Wildman–Crippen LogP) is 6.58. The molecule has 0 heterocycles. The Morgan fingerprint density at radius 3 is 1.45 bits per heavy atom. The molecule has 44 heavy (non-hydrogen) atoms. The minimum atomic E-state index is -4.76. The molecule has 0 spiro atoms. The Hall–Kier alpha value is 0.119. The third-order valence-corrected chi connectivity index (χ3v) is 8.57. The molecule has 9 nitrogen and oxygen atoms in total. The van der Waals surface area contributed by atoms with Crippen LogP contribution < -0.4 is 0 Å². The Kier molecular flexibility index (Phi) is 39.9. The Labute approximate surface area is 308 Å². The number of hydrogen-bond donors (Lipinski definition) is 2. The summed E-state index contributed by atoms with van der Waals surface area (Å²) in [5.41, 5.74) is 0. The van der Waals surface area contributed by atoms with E-state index in [9.17, 15) is 27.4 Å². The zero-order chi connectivity index (χ0) is 32.2. The standard InChI is InChI=1S/C20H38O7S.C12H24O2.Na.Sn.3H/c1-5-9-11-16(7-3)14-26-19(21)13-18(28(23,24)25)20(22)27-15-17(8-4)12-10-6-2;1-2-3-4-5-6-7-8-9-10-11-12(13)14;;;;;/h16-18H,5-15H2,1-4H3,(H,23,24,25);2-11H2,1H3,(H,13,14);;;;;. The molecule has 0 aromatic rings. The fourth-order valence-corrected chi connectivity index (χ4v) is 5.07. The summed E-state index contributed by atoms with van der Waals surface area (Å²) in [6, 6.07) is 0. The summed E-state index contributed by atoms with van der Waals surface area (Å²) in [6.45, 7) is 10.6. The molecular formula is C32H65NaO9SSn. The molecule has 0 bridgehead atoms. The van der Waals surface area contributed by atoms with Gasteiger partial charge in [0.1, 0.15) is 0 Å². The average molecular weight is 768 g/mol. The van der Waals surface area contributed by atoms with E-state index in [1.807, 2.05) is 13.8 Å². The van der Waals surface area contributed by atoms with Crippen LogP contribution in [0.2, 0.25) is 0 Å². The molecular weight excluding hydrogens is 702 g/mol. The number of carbonyl (C=O) groups is 3. The van der Waals surface area contributed by atoms with Gasteiger partial charge in [-0.2, -0.15) is 8.42 Å². The van der Waals surface area contributed by atoms with Gasteiger partial charge in [-0.15, -0.1) is 0 Å². The van der Waals surface area contributed by atoms with Gasteiger partial charge in [-0.3, -0.25) is 18.9 Å². The van der Waals surface area contributed by atoms with E-state index in [0.717, 1.165) is 64.2 Å². The van der Waals surface area contributed by atoms with Gasteiger partial charge in [0.2, 0.25) is 0 Å². The molecule has 0 aromatic carbocycles. The SMILES string of the molecule is CCCCC(CC)COC(=O)CC(C(=O)OCC(CC)CCCC)S(=O)(=O)O.CCCCCCCCCCCC(=O)O.[NaH].[SnH2]. The summed E-state index contributed by atoms with van der Waals surface area (Å²) in [7, 11) is -4.76. The Bertz CT molecular complexity index is 797. The van der Waals surface area contributed by atoms with E-state index < -0.39 is 39.7 Å². The number of unbranched alkanes of at least 4 members (excludes halogenated alkanes) is 10. The van der Waals surface area contributed by atoms with Gasteiger partial charge in [0.15, 0.2) is 5.25 Å². The first-order chi connectivity index (χ1) is 20.0. The predicted molar refractivity (Wildman–Crippen MR) is 184 cm³/mol. The second-order valence-corrected chi connectivity index (χ2v) is 12.9. The number of carbonyl (C=O) groups excluding carboxylic acids is 2. The van der Waals surface area contributed by atoms with Crippen LogP contribution in [0.25, 0.3) is 0 Å². The number of rotatable bonds is 26. The summed E-state index contributed by atoms with van der Waals surface area (Å²) < 4.78 is 42.8. The number of aliphatic carboxylic acids is 1. The average Bonchev–Trinajstić information content (AvgIpc) is 2.94. The molecule has 0 amide bonds. The zero-order valence-electron chi connectivity index (χ0n) is 27.9. The van der Waals surface area contributed by atoms with Crippen LogP contribution in [0, 0.1) is 11.8 Å². The van der Waals surface area contributed by atoms with E-state index in [2.05, 4.69) is 20.8 Å². The molecule has 3 atom stereocenters. The van der Waals surface area contributed by atoms with Crippen LogP contribution >= 0.6 is 0 Å². The van der Waals surface area contributed by atoms with Crippen molar-refractivity contribution in [2.75, 3.05) is 13.2 Å². The molecule has 2 N–H and O–H groups in total. The van der Waals surface area contributed by atoms with E-state index in [1.165, 1.54) is 44.9 Å². The molecule has 0 rings (SSSR count). The van der Waals surface area contributed by atoms with Crippen LogP contribution in [-0.4, -0.2) is 108 Å². The number of carboxylic acid groups (broad SMARTS) is 1. The van der Waals surface area contributed by atoms with Crippen LogP contribution in [0.5, 0.6) is 0 Å². The first-order valence-corrected chi connectivity index (χ1v) is 18.0. The second kappa shape index (κ2) is 34.5. The summed E-state index contributed by atoms with van der Waals surface area (Å²) in [5, 5.41) is 6.47. The number of esters is 2. The molecule has 0 aromatic heterocycles. The molecule has 0 saturated heterocycles. The molecule has 0 aliphatic carbocycles. The minimum absolute atomic E-state index is 0. The molecule has 3 unspecified atom stereocenters. The molecule has 0 saturated carbocycles. The summed E-state index contributed by atoms with van der Waals surface area (Å²) in [5.74, 6) is -2.27. The molecule has 0 aliphatic rings. The fraction of sp³-hybridized carbons (Fsp3) is 0.906. The quantitative estimate of drug-likeness (QED) is 0.0432. The van der Waals surface area contributed by atoms with Gasteiger partial charge in [-0.1, -0.05) is 125 Å². The third kappa shape index (κ3) is 32.1. The number of hydrogen-bond acceptors (Lipinski definition) is 7. The van der Waals surface area contributed by atoms with Crippen molar-refractivity contribution in [2.24, 2.45) is 11.8 Å². The van der Waals surface area contributed by atoms with E-state index in [0.29, 0.717) is 6.42 Å².